The van der Waals surface area contributed by atoms with Gasteiger partial charge in [0.05, 0.1) is 4.92 Å². The van der Waals surface area contributed by atoms with E-state index in [0.29, 0.717) is 0 Å². The van der Waals surface area contributed by atoms with Crippen molar-refractivity contribution in [2.24, 2.45) is 0 Å². The van der Waals surface area contributed by atoms with Gasteiger partial charge in [0.15, 0.2) is 0 Å². The Balaban J connectivity index is 0.00000147. The Kier molecular flexibility index (Phi) is 3.83. The van der Waals surface area contributed by atoms with Gasteiger partial charge < -0.3 is 6.15 Å². The number of rotatable bonds is 1. The molecule has 0 saturated heterocycles. The summed E-state index contributed by atoms with van der Waals surface area (Å²) in [7, 11) is 0. The molecule has 3 N–H and O–H groups in total. The van der Waals surface area contributed by atoms with E-state index >= 15 is 0 Å². The van der Waals surface area contributed by atoms with Gasteiger partial charge in [0.1, 0.15) is 0 Å². The number of benzene rings is 2. The van der Waals surface area contributed by atoms with Gasteiger partial charge >= 0.3 is 0 Å². The van der Waals surface area contributed by atoms with Gasteiger partial charge in [-0.05, 0) is 48.2 Å². The van der Waals surface area contributed by atoms with E-state index in [-0.39, 0.29) is 16.8 Å². The normalized spacial score (nSPS) is 12.1. The lowest BCUT2D eigenvalue weighted by atomic mass is 9.96. The molecule has 0 radical (unpaired) electrons. The highest BCUT2D eigenvalue weighted by molar-refractivity contribution is 7.99. The van der Waals surface area contributed by atoms with Crippen LogP contribution in [0.5, 0.6) is 0 Å². The Morgan fingerprint density at radius 1 is 1.15 bits per heavy atom. The molecule has 1 heterocycles. The lowest BCUT2D eigenvalue weighted by Gasteiger charge is -2.21. The van der Waals surface area contributed by atoms with E-state index in [9.17, 15) is 10.1 Å². The Hall–Kier alpha value is -1.85. The average molecular weight is 288 g/mol. The zero-order valence-corrected chi connectivity index (χ0v) is 12.3. The summed E-state index contributed by atoms with van der Waals surface area (Å²) in [6, 6.07) is 9.42. The zero-order chi connectivity index (χ0) is 13.6. The summed E-state index contributed by atoms with van der Waals surface area (Å²) in [6.45, 7) is 4.22. The molecule has 0 aliphatic carbocycles. The van der Waals surface area contributed by atoms with Crippen LogP contribution in [0.3, 0.4) is 0 Å². The number of hydrogen-bond acceptors (Lipinski definition) is 4. The maximum Gasteiger partial charge on any atom is 0.269 e. The molecule has 0 aromatic heterocycles. The topological polar surface area (TPSA) is 78.1 Å². The van der Waals surface area contributed by atoms with Crippen molar-refractivity contribution in [2.45, 2.75) is 30.1 Å². The third-order valence-corrected chi connectivity index (χ3v) is 4.89. The first-order valence-corrected chi connectivity index (χ1v) is 6.92. The molecule has 0 atom stereocenters. The maximum absolute atomic E-state index is 10.9. The largest absolute Gasteiger partial charge is 0.344 e. The zero-order valence-electron chi connectivity index (χ0n) is 11.5. The van der Waals surface area contributed by atoms with Crippen molar-refractivity contribution in [3.05, 3.63) is 62.7 Å². The molecule has 0 fully saturated rings. The number of non-ortho nitro benzene ring substituents is 1. The summed E-state index contributed by atoms with van der Waals surface area (Å²) < 4.78 is 0. The molecule has 2 aromatic rings. The highest BCUT2D eigenvalue weighted by Crippen LogP contribution is 2.42. The van der Waals surface area contributed by atoms with Crippen LogP contribution >= 0.6 is 11.8 Å². The van der Waals surface area contributed by atoms with Crippen molar-refractivity contribution in [3.63, 3.8) is 0 Å². The van der Waals surface area contributed by atoms with Crippen molar-refractivity contribution in [3.8, 4) is 0 Å². The molecule has 0 amide bonds. The van der Waals surface area contributed by atoms with Gasteiger partial charge in [0, 0.05) is 28.3 Å². The van der Waals surface area contributed by atoms with Crippen LogP contribution in [0.1, 0.15) is 22.3 Å². The first-order chi connectivity index (χ1) is 9.06. The predicted octanol–water partition coefficient (Wildman–Crippen LogP) is 4.43. The summed E-state index contributed by atoms with van der Waals surface area (Å²) in [5, 5.41) is 10.9. The van der Waals surface area contributed by atoms with Crippen LogP contribution in [0.15, 0.2) is 40.1 Å². The third kappa shape index (κ3) is 2.30. The van der Waals surface area contributed by atoms with Gasteiger partial charge in [-0.15, -0.1) is 0 Å². The first-order valence-electron chi connectivity index (χ1n) is 6.10. The van der Waals surface area contributed by atoms with Crippen LogP contribution in [0.25, 0.3) is 0 Å². The molecule has 1 aliphatic rings. The standard InChI is InChI=1S/C15H13NO2S.H3N/c1-9-3-5-15-13(10(9)2)8-11-7-12(16(17)18)4-6-14(11)19-15;/h3-7H,8H2,1-2H3;1H3. The lowest BCUT2D eigenvalue weighted by molar-refractivity contribution is -0.385. The highest BCUT2D eigenvalue weighted by Gasteiger charge is 2.20. The molecule has 0 spiro atoms. The second-order valence-corrected chi connectivity index (χ2v) is 5.90. The number of nitrogens with zero attached hydrogens (tertiary/aromatic N) is 1. The van der Waals surface area contributed by atoms with Crippen molar-refractivity contribution >= 4 is 17.4 Å². The second kappa shape index (κ2) is 5.26. The fourth-order valence-corrected chi connectivity index (χ4v) is 3.51. The van der Waals surface area contributed by atoms with Crippen LogP contribution in [0, 0.1) is 24.0 Å². The maximum atomic E-state index is 10.9. The number of nitro benzene ring substituents is 1. The highest BCUT2D eigenvalue weighted by atomic mass is 32.2. The molecule has 104 valence electrons. The summed E-state index contributed by atoms with van der Waals surface area (Å²) in [5.74, 6) is 0. The molecule has 3 rings (SSSR count). The van der Waals surface area contributed by atoms with E-state index in [1.165, 1.54) is 21.6 Å². The summed E-state index contributed by atoms with van der Waals surface area (Å²) >= 11 is 1.70. The second-order valence-electron chi connectivity index (χ2n) is 4.81. The Morgan fingerprint density at radius 3 is 2.55 bits per heavy atom. The van der Waals surface area contributed by atoms with Gasteiger partial charge in [0.25, 0.3) is 5.69 Å². The number of fused-ring (bicyclic) bond motifs is 2. The summed E-state index contributed by atoms with van der Waals surface area (Å²) in [4.78, 5) is 12.9. The Morgan fingerprint density at radius 2 is 1.85 bits per heavy atom. The van der Waals surface area contributed by atoms with E-state index in [4.69, 9.17) is 0 Å². The number of aryl methyl sites for hydroxylation is 1. The lowest BCUT2D eigenvalue weighted by Crippen LogP contribution is -2.04. The fraction of sp³-hybridized carbons (Fsp3) is 0.200. The molecule has 0 saturated carbocycles. The monoisotopic (exact) mass is 288 g/mol. The van der Waals surface area contributed by atoms with E-state index in [1.807, 2.05) is 6.07 Å². The van der Waals surface area contributed by atoms with Gasteiger partial charge in [-0.2, -0.15) is 0 Å². The molecule has 2 aromatic carbocycles. The van der Waals surface area contributed by atoms with Crippen LogP contribution < -0.4 is 6.15 Å². The minimum Gasteiger partial charge on any atom is -0.344 e. The number of hydrogen-bond donors (Lipinski definition) is 1. The molecule has 1 aliphatic heterocycles. The molecule has 0 bridgehead atoms. The average Bonchev–Trinajstić information content (AvgIpc) is 2.41. The molecular weight excluding hydrogens is 272 g/mol. The molecular formula is C15H16N2O2S. The SMILES string of the molecule is Cc1ccc2c(c1C)Cc1cc([N+](=O)[O-])ccc1S2.N. The minimum atomic E-state index is -0.330. The van der Waals surface area contributed by atoms with Crippen molar-refractivity contribution in [1.29, 1.82) is 0 Å². The quantitative estimate of drug-likeness (QED) is 0.530. The molecule has 20 heavy (non-hydrogen) atoms. The smallest absolute Gasteiger partial charge is 0.269 e. The van der Waals surface area contributed by atoms with Crippen LogP contribution in [0.4, 0.5) is 5.69 Å². The molecule has 5 heteroatoms. The van der Waals surface area contributed by atoms with Crippen LogP contribution in [-0.4, -0.2) is 4.92 Å². The Labute approximate surface area is 121 Å². The molecule has 0 unspecified atom stereocenters. The van der Waals surface area contributed by atoms with Crippen molar-refractivity contribution in [2.75, 3.05) is 0 Å². The summed E-state index contributed by atoms with van der Waals surface area (Å²) in [5.41, 5.74) is 5.10. The van der Waals surface area contributed by atoms with Crippen LogP contribution in [0.2, 0.25) is 0 Å². The van der Waals surface area contributed by atoms with Gasteiger partial charge in [-0.1, -0.05) is 17.8 Å². The van der Waals surface area contributed by atoms with Crippen molar-refractivity contribution in [1.82, 2.24) is 6.15 Å². The van der Waals surface area contributed by atoms with E-state index in [0.717, 1.165) is 16.9 Å². The van der Waals surface area contributed by atoms with E-state index in [2.05, 4.69) is 26.0 Å². The summed E-state index contributed by atoms with van der Waals surface area (Å²) in [6.07, 6.45) is 0.785. The third-order valence-electron chi connectivity index (χ3n) is 3.67. The Bertz CT molecular complexity index is 699. The van der Waals surface area contributed by atoms with Gasteiger partial charge in [-0.3, -0.25) is 10.1 Å². The van der Waals surface area contributed by atoms with Gasteiger partial charge in [-0.25, -0.2) is 0 Å². The fourth-order valence-electron chi connectivity index (χ4n) is 2.39. The van der Waals surface area contributed by atoms with Crippen molar-refractivity contribution < 1.29 is 4.92 Å². The van der Waals surface area contributed by atoms with Crippen LogP contribution in [-0.2, 0) is 6.42 Å². The minimum absolute atomic E-state index is 0. The first kappa shape index (κ1) is 14.6. The van der Waals surface area contributed by atoms with E-state index < -0.39 is 0 Å². The molecule has 4 nitrogen and oxygen atoms in total. The van der Waals surface area contributed by atoms with Gasteiger partial charge in [0.2, 0.25) is 0 Å². The predicted molar refractivity (Wildman–Crippen MR) is 81.0 cm³/mol. The van der Waals surface area contributed by atoms with E-state index in [1.54, 1.807) is 23.9 Å². The number of nitro groups is 1.